The molecule has 0 saturated carbocycles. The second-order valence-electron chi connectivity index (χ2n) is 4.38. The summed E-state index contributed by atoms with van der Waals surface area (Å²) in [6, 6.07) is 3.31. The molecule has 1 nitrogen and oxygen atoms in total. The summed E-state index contributed by atoms with van der Waals surface area (Å²) >= 11 is 3.16. The molecule has 0 spiro atoms. The molecule has 5 heteroatoms. The molecule has 1 aromatic carbocycles. The molecule has 0 radical (unpaired) electrons. The molecule has 17 heavy (non-hydrogen) atoms. The SMILES string of the molecule is CC(C)CC(O)c1cc(C(F)(F)F)ccc1Br. The van der Waals surface area contributed by atoms with E-state index in [0.29, 0.717) is 10.9 Å². The van der Waals surface area contributed by atoms with Crippen molar-refractivity contribution < 1.29 is 18.3 Å². The third-order valence-corrected chi connectivity index (χ3v) is 3.10. The van der Waals surface area contributed by atoms with Crippen LogP contribution in [-0.4, -0.2) is 5.11 Å². The number of hydrogen-bond donors (Lipinski definition) is 1. The summed E-state index contributed by atoms with van der Waals surface area (Å²) in [4.78, 5) is 0. The topological polar surface area (TPSA) is 20.2 Å². The van der Waals surface area contributed by atoms with E-state index in [1.54, 1.807) is 0 Å². The number of halogens is 4. The summed E-state index contributed by atoms with van der Waals surface area (Å²) in [5, 5.41) is 9.86. The van der Waals surface area contributed by atoms with Gasteiger partial charge in [0.2, 0.25) is 0 Å². The van der Waals surface area contributed by atoms with E-state index in [4.69, 9.17) is 0 Å². The molecule has 0 bridgehead atoms. The molecule has 0 aliphatic rings. The maximum absolute atomic E-state index is 12.5. The van der Waals surface area contributed by atoms with Crippen LogP contribution in [0.2, 0.25) is 0 Å². The van der Waals surface area contributed by atoms with Gasteiger partial charge in [0, 0.05) is 4.47 Å². The Balaban J connectivity index is 3.06. The Morgan fingerprint density at radius 2 is 1.88 bits per heavy atom. The lowest BCUT2D eigenvalue weighted by Crippen LogP contribution is -2.08. The minimum absolute atomic E-state index is 0.214. The highest BCUT2D eigenvalue weighted by Gasteiger charge is 2.31. The minimum Gasteiger partial charge on any atom is -0.388 e. The third-order valence-electron chi connectivity index (χ3n) is 2.38. The fourth-order valence-electron chi connectivity index (χ4n) is 1.55. The molecule has 0 fully saturated rings. The highest BCUT2D eigenvalue weighted by Crippen LogP contribution is 2.35. The average Bonchev–Trinajstić information content (AvgIpc) is 2.15. The molecule has 96 valence electrons. The second-order valence-corrected chi connectivity index (χ2v) is 5.23. The smallest absolute Gasteiger partial charge is 0.388 e. The zero-order valence-corrected chi connectivity index (χ0v) is 11.1. The van der Waals surface area contributed by atoms with Gasteiger partial charge in [0.05, 0.1) is 11.7 Å². The molecule has 0 aliphatic heterocycles. The lowest BCUT2D eigenvalue weighted by Gasteiger charge is -2.17. The highest BCUT2D eigenvalue weighted by atomic mass is 79.9. The van der Waals surface area contributed by atoms with Crippen LogP contribution in [0, 0.1) is 5.92 Å². The lowest BCUT2D eigenvalue weighted by atomic mass is 9.98. The van der Waals surface area contributed by atoms with Gasteiger partial charge in [0.1, 0.15) is 0 Å². The number of hydrogen-bond acceptors (Lipinski definition) is 1. The minimum atomic E-state index is -4.38. The summed E-state index contributed by atoms with van der Waals surface area (Å²) in [6.07, 6.45) is -4.83. The van der Waals surface area contributed by atoms with Crippen LogP contribution in [0.5, 0.6) is 0 Å². The molecule has 1 rings (SSSR count). The normalized spacial score (nSPS) is 14.1. The van der Waals surface area contributed by atoms with Crippen LogP contribution < -0.4 is 0 Å². The summed E-state index contributed by atoms with van der Waals surface area (Å²) in [5.41, 5.74) is -0.452. The average molecular weight is 311 g/mol. The van der Waals surface area contributed by atoms with Gasteiger partial charge >= 0.3 is 6.18 Å². The van der Waals surface area contributed by atoms with Crippen LogP contribution in [0.4, 0.5) is 13.2 Å². The third kappa shape index (κ3) is 4.00. The van der Waals surface area contributed by atoms with E-state index >= 15 is 0 Å². The van der Waals surface area contributed by atoms with Crippen molar-refractivity contribution in [1.29, 1.82) is 0 Å². The van der Waals surface area contributed by atoms with E-state index in [-0.39, 0.29) is 11.5 Å². The summed E-state index contributed by atoms with van der Waals surface area (Å²) < 4.78 is 38.1. The first kappa shape index (κ1) is 14.5. The van der Waals surface area contributed by atoms with Crippen LogP contribution >= 0.6 is 15.9 Å². The van der Waals surface area contributed by atoms with Crippen molar-refractivity contribution in [3.63, 3.8) is 0 Å². The first-order valence-corrected chi connectivity index (χ1v) is 6.06. The molecular weight excluding hydrogens is 297 g/mol. The molecule has 1 atom stereocenters. The van der Waals surface area contributed by atoms with Crippen molar-refractivity contribution in [1.82, 2.24) is 0 Å². The standard InChI is InChI=1S/C12H14BrF3O/c1-7(2)5-11(17)9-6-8(12(14,15)16)3-4-10(9)13/h3-4,6-7,11,17H,5H2,1-2H3. The molecular formula is C12H14BrF3O. The van der Waals surface area contributed by atoms with E-state index in [1.807, 2.05) is 13.8 Å². The molecule has 0 aromatic heterocycles. The van der Waals surface area contributed by atoms with Gasteiger partial charge in [-0.2, -0.15) is 13.2 Å². The Hall–Kier alpha value is -0.550. The zero-order chi connectivity index (χ0) is 13.2. The molecule has 0 saturated heterocycles. The van der Waals surface area contributed by atoms with Gasteiger partial charge < -0.3 is 5.11 Å². The largest absolute Gasteiger partial charge is 0.416 e. The van der Waals surface area contributed by atoms with Gasteiger partial charge in [-0.15, -0.1) is 0 Å². The van der Waals surface area contributed by atoms with Crippen molar-refractivity contribution in [3.05, 3.63) is 33.8 Å². The predicted octanol–water partition coefficient (Wildman–Crippen LogP) is 4.55. The first-order valence-electron chi connectivity index (χ1n) is 5.26. The van der Waals surface area contributed by atoms with Crippen molar-refractivity contribution in [2.75, 3.05) is 0 Å². The molecule has 1 N–H and O–H groups in total. The Bertz CT molecular complexity index is 388. The molecule has 1 aromatic rings. The Kier molecular flexibility index (Phi) is 4.61. The summed E-state index contributed by atoms with van der Waals surface area (Å²) in [6.45, 7) is 3.81. The van der Waals surface area contributed by atoms with Gasteiger partial charge in [0.25, 0.3) is 0 Å². The van der Waals surface area contributed by atoms with Crippen LogP contribution in [0.25, 0.3) is 0 Å². The van der Waals surface area contributed by atoms with Gasteiger partial charge in [-0.1, -0.05) is 29.8 Å². The van der Waals surface area contributed by atoms with Crippen LogP contribution in [0.1, 0.15) is 37.5 Å². The summed E-state index contributed by atoms with van der Waals surface area (Å²) in [5.74, 6) is 0.214. The van der Waals surface area contributed by atoms with Crippen molar-refractivity contribution >= 4 is 15.9 Å². The van der Waals surface area contributed by atoms with Gasteiger partial charge in [-0.3, -0.25) is 0 Å². The van der Waals surface area contributed by atoms with Gasteiger partial charge in [-0.25, -0.2) is 0 Å². The Morgan fingerprint density at radius 3 is 2.35 bits per heavy atom. The Morgan fingerprint density at radius 1 is 1.29 bits per heavy atom. The van der Waals surface area contributed by atoms with Gasteiger partial charge in [0.15, 0.2) is 0 Å². The monoisotopic (exact) mass is 310 g/mol. The quantitative estimate of drug-likeness (QED) is 0.868. The van der Waals surface area contributed by atoms with E-state index < -0.39 is 17.8 Å². The maximum Gasteiger partial charge on any atom is 0.416 e. The van der Waals surface area contributed by atoms with Crippen LogP contribution in [0.15, 0.2) is 22.7 Å². The van der Waals surface area contributed by atoms with E-state index in [0.717, 1.165) is 12.1 Å². The first-order chi connectivity index (χ1) is 7.71. The molecule has 0 heterocycles. The number of benzene rings is 1. The number of aliphatic hydroxyl groups is 1. The summed E-state index contributed by atoms with van der Waals surface area (Å²) in [7, 11) is 0. The van der Waals surface area contributed by atoms with E-state index in [9.17, 15) is 18.3 Å². The second kappa shape index (κ2) is 5.40. The lowest BCUT2D eigenvalue weighted by molar-refractivity contribution is -0.137. The van der Waals surface area contributed by atoms with Crippen molar-refractivity contribution in [2.24, 2.45) is 5.92 Å². The number of rotatable bonds is 3. The van der Waals surface area contributed by atoms with Crippen molar-refractivity contribution in [2.45, 2.75) is 32.5 Å². The van der Waals surface area contributed by atoms with Crippen LogP contribution in [-0.2, 0) is 6.18 Å². The van der Waals surface area contributed by atoms with E-state index in [2.05, 4.69) is 15.9 Å². The fourth-order valence-corrected chi connectivity index (χ4v) is 2.06. The molecule has 0 amide bonds. The number of aliphatic hydroxyl groups excluding tert-OH is 1. The van der Waals surface area contributed by atoms with Crippen LogP contribution in [0.3, 0.4) is 0 Å². The highest BCUT2D eigenvalue weighted by molar-refractivity contribution is 9.10. The fraction of sp³-hybridized carbons (Fsp3) is 0.500. The van der Waals surface area contributed by atoms with E-state index in [1.165, 1.54) is 6.07 Å². The zero-order valence-electron chi connectivity index (χ0n) is 9.55. The van der Waals surface area contributed by atoms with Gasteiger partial charge in [-0.05, 0) is 36.1 Å². The number of alkyl halides is 3. The molecule has 1 unspecified atom stereocenters. The predicted molar refractivity (Wildman–Crippen MR) is 63.6 cm³/mol. The Labute approximate surface area is 107 Å². The maximum atomic E-state index is 12.5. The van der Waals surface area contributed by atoms with Crippen molar-refractivity contribution in [3.8, 4) is 0 Å². The molecule has 0 aliphatic carbocycles.